The first kappa shape index (κ1) is 13.3. The first-order chi connectivity index (χ1) is 7.97. The van der Waals surface area contributed by atoms with E-state index in [1.165, 1.54) is 0 Å². The number of anilines is 1. The molecule has 0 heterocycles. The molecule has 94 valence electrons. The smallest absolute Gasteiger partial charge is 0.295 e. The van der Waals surface area contributed by atoms with E-state index in [0.717, 1.165) is 6.07 Å². The lowest BCUT2D eigenvalue weighted by molar-refractivity contribution is -0.384. The van der Waals surface area contributed by atoms with Crippen LogP contribution in [0.3, 0.4) is 0 Å². The predicted octanol–water partition coefficient (Wildman–Crippen LogP) is 2.06. The SMILES string of the molecule is CC(CCO)Nc1c([N+](=O)[O-])ccc(F)c1F. The minimum absolute atomic E-state index is 0.154. The Morgan fingerprint density at radius 2 is 2.18 bits per heavy atom. The summed E-state index contributed by atoms with van der Waals surface area (Å²) in [5, 5.41) is 21.8. The van der Waals surface area contributed by atoms with Crippen molar-refractivity contribution in [2.24, 2.45) is 0 Å². The van der Waals surface area contributed by atoms with Crippen LogP contribution in [0.25, 0.3) is 0 Å². The van der Waals surface area contributed by atoms with Gasteiger partial charge in [0.1, 0.15) is 0 Å². The van der Waals surface area contributed by atoms with E-state index in [1.807, 2.05) is 0 Å². The molecule has 0 bridgehead atoms. The molecule has 0 aliphatic rings. The maximum absolute atomic E-state index is 13.4. The van der Waals surface area contributed by atoms with E-state index in [2.05, 4.69) is 5.32 Å². The highest BCUT2D eigenvalue weighted by atomic mass is 19.2. The minimum atomic E-state index is -1.29. The fourth-order valence-electron chi connectivity index (χ4n) is 1.34. The average Bonchev–Trinajstić information content (AvgIpc) is 2.25. The number of aliphatic hydroxyl groups excluding tert-OH is 1. The third-order valence-electron chi connectivity index (χ3n) is 2.22. The Hall–Kier alpha value is -1.76. The van der Waals surface area contributed by atoms with Crippen molar-refractivity contribution in [3.63, 3.8) is 0 Å². The Labute approximate surface area is 96.2 Å². The van der Waals surface area contributed by atoms with Gasteiger partial charge >= 0.3 is 0 Å². The minimum Gasteiger partial charge on any atom is -0.396 e. The Morgan fingerprint density at radius 3 is 2.71 bits per heavy atom. The van der Waals surface area contributed by atoms with Gasteiger partial charge in [-0.2, -0.15) is 0 Å². The second kappa shape index (κ2) is 5.53. The molecule has 1 aromatic rings. The first-order valence-electron chi connectivity index (χ1n) is 4.97. The highest BCUT2D eigenvalue weighted by Gasteiger charge is 2.22. The summed E-state index contributed by atoms with van der Waals surface area (Å²) in [5.41, 5.74) is -1.02. The topological polar surface area (TPSA) is 75.4 Å². The molecule has 2 N–H and O–H groups in total. The molecule has 1 rings (SSSR count). The van der Waals surface area contributed by atoms with Crippen LogP contribution in [0.1, 0.15) is 13.3 Å². The number of nitro benzene ring substituents is 1. The van der Waals surface area contributed by atoms with Gasteiger partial charge in [-0.15, -0.1) is 0 Å². The van der Waals surface area contributed by atoms with Crippen LogP contribution in [0.2, 0.25) is 0 Å². The Balaban J connectivity index is 3.10. The van der Waals surface area contributed by atoms with Gasteiger partial charge in [0, 0.05) is 18.7 Å². The molecule has 0 aromatic heterocycles. The van der Waals surface area contributed by atoms with E-state index in [0.29, 0.717) is 6.07 Å². The van der Waals surface area contributed by atoms with E-state index >= 15 is 0 Å². The van der Waals surface area contributed by atoms with Gasteiger partial charge in [0.25, 0.3) is 5.69 Å². The second-order valence-electron chi connectivity index (χ2n) is 3.57. The quantitative estimate of drug-likeness (QED) is 0.616. The van der Waals surface area contributed by atoms with Crippen LogP contribution in [-0.2, 0) is 0 Å². The van der Waals surface area contributed by atoms with Crippen molar-refractivity contribution in [1.29, 1.82) is 0 Å². The average molecular weight is 246 g/mol. The lowest BCUT2D eigenvalue weighted by Crippen LogP contribution is -2.18. The number of hydrogen-bond donors (Lipinski definition) is 2. The molecule has 1 atom stereocenters. The monoisotopic (exact) mass is 246 g/mol. The fourth-order valence-corrected chi connectivity index (χ4v) is 1.34. The number of nitro groups is 1. The van der Waals surface area contributed by atoms with Gasteiger partial charge in [0.05, 0.1) is 4.92 Å². The summed E-state index contributed by atoms with van der Waals surface area (Å²) in [5.74, 6) is -2.45. The summed E-state index contributed by atoms with van der Waals surface area (Å²) in [7, 11) is 0. The number of nitrogens with one attached hydrogen (secondary N) is 1. The Morgan fingerprint density at radius 1 is 1.53 bits per heavy atom. The van der Waals surface area contributed by atoms with Gasteiger partial charge in [-0.1, -0.05) is 0 Å². The van der Waals surface area contributed by atoms with E-state index in [1.54, 1.807) is 6.92 Å². The van der Waals surface area contributed by atoms with Crippen LogP contribution in [0.5, 0.6) is 0 Å². The van der Waals surface area contributed by atoms with E-state index in [9.17, 15) is 18.9 Å². The van der Waals surface area contributed by atoms with E-state index in [-0.39, 0.29) is 13.0 Å². The fraction of sp³-hybridized carbons (Fsp3) is 0.400. The van der Waals surface area contributed by atoms with Crippen molar-refractivity contribution in [3.8, 4) is 0 Å². The van der Waals surface area contributed by atoms with Crippen molar-refractivity contribution in [3.05, 3.63) is 33.9 Å². The van der Waals surface area contributed by atoms with Crippen molar-refractivity contribution in [1.82, 2.24) is 0 Å². The summed E-state index contributed by atoms with van der Waals surface area (Å²) in [6.45, 7) is 1.45. The standard InChI is InChI=1S/C10H12F2N2O3/c1-6(4-5-15)13-10-8(14(16)17)3-2-7(11)9(10)12/h2-3,6,13,15H,4-5H2,1H3. The van der Waals surface area contributed by atoms with Gasteiger partial charge in [-0.05, 0) is 19.4 Å². The first-order valence-corrected chi connectivity index (χ1v) is 4.97. The van der Waals surface area contributed by atoms with Gasteiger partial charge < -0.3 is 10.4 Å². The maximum atomic E-state index is 13.4. The lowest BCUT2D eigenvalue weighted by Gasteiger charge is -2.14. The van der Waals surface area contributed by atoms with Crippen molar-refractivity contribution >= 4 is 11.4 Å². The Kier molecular flexibility index (Phi) is 4.33. The van der Waals surface area contributed by atoms with Crippen LogP contribution in [0.15, 0.2) is 12.1 Å². The molecule has 0 saturated carbocycles. The van der Waals surface area contributed by atoms with Crippen LogP contribution in [-0.4, -0.2) is 22.7 Å². The number of benzene rings is 1. The van der Waals surface area contributed by atoms with E-state index < -0.39 is 34.0 Å². The lowest BCUT2D eigenvalue weighted by atomic mass is 10.2. The Bertz CT molecular complexity index is 426. The van der Waals surface area contributed by atoms with Gasteiger partial charge in [-0.25, -0.2) is 8.78 Å². The molecule has 1 unspecified atom stereocenters. The van der Waals surface area contributed by atoms with Crippen molar-refractivity contribution in [2.75, 3.05) is 11.9 Å². The molecular weight excluding hydrogens is 234 g/mol. The number of nitrogens with zero attached hydrogens (tertiary/aromatic N) is 1. The maximum Gasteiger partial charge on any atom is 0.295 e. The highest BCUT2D eigenvalue weighted by molar-refractivity contribution is 5.62. The summed E-state index contributed by atoms with van der Waals surface area (Å²) < 4.78 is 26.4. The van der Waals surface area contributed by atoms with Gasteiger partial charge in [0.15, 0.2) is 17.3 Å². The summed E-state index contributed by atoms with van der Waals surface area (Å²) in [6.07, 6.45) is 0.271. The molecule has 1 aromatic carbocycles. The largest absolute Gasteiger partial charge is 0.396 e. The van der Waals surface area contributed by atoms with E-state index in [4.69, 9.17) is 5.11 Å². The number of aliphatic hydroxyl groups is 1. The zero-order chi connectivity index (χ0) is 13.0. The molecule has 17 heavy (non-hydrogen) atoms. The molecule has 0 amide bonds. The number of hydrogen-bond acceptors (Lipinski definition) is 4. The molecule has 0 fully saturated rings. The summed E-state index contributed by atoms with van der Waals surface area (Å²) >= 11 is 0. The van der Waals surface area contributed by atoms with Gasteiger partial charge in [0.2, 0.25) is 0 Å². The summed E-state index contributed by atoms with van der Waals surface area (Å²) in [4.78, 5) is 9.86. The highest BCUT2D eigenvalue weighted by Crippen LogP contribution is 2.29. The van der Waals surface area contributed by atoms with Crippen LogP contribution < -0.4 is 5.32 Å². The molecular formula is C10H12F2N2O3. The summed E-state index contributed by atoms with van der Waals surface area (Å²) in [6, 6.07) is 1.19. The normalized spacial score (nSPS) is 12.2. The molecule has 0 aliphatic heterocycles. The molecule has 0 spiro atoms. The van der Waals surface area contributed by atoms with Gasteiger partial charge in [-0.3, -0.25) is 10.1 Å². The van der Waals surface area contributed by atoms with Crippen LogP contribution >= 0.6 is 0 Å². The molecule has 5 nitrogen and oxygen atoms in total. The second-order valence-corrected chi connectivity index (χ2v) is 3.57. The third-order valence-corrected chi connectivity index (χ3v) is 2.22. The van der Waals surface area contributed by atoms with Crippen LogP contribution in [0, 0.1) is 21.7 Å². The third kappa shape index (κ3) is 3.10. The van der Waals surface area contributed by atoms with Crippen molar-refractivity contribution < 1.29 is 18.8 Å². The zero-order valence-corrected chi connectivity index (χ0v) is 9.11. The van der Waals surface area contributed by atoms with Crippen LogP contribution in [0.4, 0.5) is 20.2 Å². The zero-order valence-electron chi connectivity index (χ0n) is 9.11. The van der Waals surface area contributed by atoms with Crippen molar-refractivity contribution in [2.45, 2.75) is 19.4 Å². The number of halogens is 2. The number of rotatable bonds is 5. The molecule has 7 heteroatoms. The molecule has 0 saturated heterocycles. The predicted molar refractivity (Wildman–Crippen MR) is 57.8 cm³/mol. The molecule has 0 radical (unpaired) electrons. The molecule has 0 aliphatic carbocycles.